The molecule has 0 aliphatic carbocycles. The largest absolute Gasteiger partial charge is 0.370 e. The van der Waals surface area contributed by atoms with Gasteiger partial charge < -0.3 is 5.73 Å². The molecular formula is C2H6ClNO. The second-order valence-corrected chi connectivity index (χ2v) is 0.466. The van der Waals surface area contributed by atoms with Crippen LogP contribution in [0.25, 0.3) is 0 Å². The van der Waals surface area contributed by atoms with Crippen LogP contribution in [0.4, 0.5) is 0 Å². The van der Waals surface area contributed by atoms with Crippen LogP contribution in [0.15, 0.2) is 0 Å². The van der Waals surface area contributed by atoms with Crippen molar-refractivity contribution in [2.75, 3.05) is 0 Å². The van der Waals surface area contributed by atoms with Gasteiger partial charge in [-0.05, 0) is 0 Å². The molecule has 0 fully saturated rings. The van der Waals surface area contributed by atoms with Crippen LogP contribution < -0.4 is 5.73 Å². The summed E-state index contributed by atoms with van der Waals surface area (Å²) in [6, 6.07) is 0. The number of carbonyl (C=O) groups excluding carboxylic acids is 1. The van der Waals surface area contributed by atoms with Crippen LogP contribution in [-0.2, 0) is 4.79 Å². The number of carbonyl (C=O) groups is 1. The first-order valence-corrected chi connectivity index (χ1v) is 0.846. The van der Waals surface area contributed by atoms with Gasteiger partial charge in [0.2, 0.25) is 5.91 Å². The Balaban J connectivity index is 0. The molecule has 0 saturated carbocycles. The number of nitrogens with two attached hydrogens (primary N) is 1. The maximum Gasteiger partial charge on any atom is 0.214 e. The molecule has 0 radical (unpaired) electrons. The zero-order valence-corrected chi connectivity index (χ0v) is 3.42. The highest BCUT2D eigenvalue weighted by atomic mass is 35.5. The maximum atomic E-state index is 9.40. The Labute approximate surface area is 38.2 Å². The van der Waals surface area contributed by atoms with Crippen molar-refractivity contribution < 1.29 is 6.17 Å². The molecule has 0 rings (SSSR count). The molecule has 0 aromatic heterocycles. The number of hydrogen-bond acceptors (Lipinski definition) is 1. The Morgan fingerprint density at radius 2 is 2.40 bits per heavy atom. The summed E-state index contributed by atoms with van der Waals surface area (Å²) in [5, 5.41) is 0. The average molecular weight is 96.5 g/mol. The molecule has 2 nitrogen and oxygen atoms in total. The van der Waals surface area contributed by atoms with Crippen molar-refractivity contribution in [2.24, 2.45) is 5.73 Å². The Morgan fingerprint density at radius 3 is 2.40 bits per heavy atom. The predicted octanol–water partition coefficient (Wildman–Crippen LogP) is -0.0866. The fourth-order valence-corrected chi connectivity index (χ4v) is 0. The summed E-state index contributed by atoms with van der Waals surface area (Å²) in [5.41, 5.74) is 4.47. The minimum Gasteiger partial charge on any atom is -0.370 e. The Morgan fingerprint density at radius 1 is 2.20 bits per heavy atom. The summed E-state index contributed by atoms with van der Waals surface area (Å²) in [6.07, 6.45) is 0. The molecule has 2 N–H and O–H groups in total. The molecule has 0 spiro atoms. The Bertz CT molecular complexity index is 48.8. The highest BCUT2D eigenvalue weighted by molar-refractivity contribution is 5.85. The zero-order chi connectivity index (χ0) is 4.28. The van der Waals surface area contributed by atoms with Gasteiger partial charge in [0.25, 0.3) is 0 Å². The fraction of sp³-hybridized carbons (Fsp3) is 0.500. The van der Waals surface area contributed by atoms with Gasteiger partial charge in [-0.1, -0.05) is 0 Å². The van der Waals surface area contributed by atoms with Gasteiger partial charge in [-0.3, -0.25) is 4.79 Å². The molecule has 0 saturated heterocycles. The van der Waals surface area contributed by atoms with E-state index in [2.05, 4.69) is 5.73 Å². The molecule has 3 heteroatoms. The van der Waals surface area contributed by atoms with Crippen molar-refractivity contribution in [3.05, 3.63) is 0 Å². The third-order valence-corrected chi connectivity index (χ3v) is 0. The summed E-state index contributed by atoms with van der Waals surface area (Å²) >= 11 is 0. The fourth-order valence-electron chi connectivity index (χ4n) is 0. The molecular weight excluding hydrogens is 89.5 g/mol. The van der Waals surface area contributed by atoms with Crippen LogP contribution >= 0.6 is 12.4 Å². The number of rotatable bonds is 0. The third kappa shape index (κ3) is 202. The lowest BCUT2D eigenvalue weighted by atomic mass is 10.8. The summed E-state index contributed by atoms with van der Waals surface area (Å²) in [5.74, 6) is -0.579. The first kappa shape index (κ1) is 4.76. The maximum absolute atomic E-state index is 9.40. The number of primary amides is 1. The van der Waals surface area contributed by atoms with Crippen molar-refractivity contribution in [2.45, 2.75) is 6.90 Å². The summed E-state index contributed by atoms with van der Waals surface area (Å²) < 4.78 is 6.18. The van der Waals surface area contributed by atoms with Crippen molar-refractivity contribution in [1.82, 2.24) is 0 Å². The molecule has 1 amide bonds. The third-order valence-electron chi connectivity index (χ3n) is 0. The Kier molecular flexibility index (Phi) is 3.58. The van der Waals surface area contributed by atoms with E-state index in [9.17, 15) is 4.79 Å². The van der Waals surface area contributed by atoms with Crippen LogP contribution in [0, 0.1) is 0 Å². The highest BCUT2D eigenvalue weighted by Gasteiger charge is 1.61. The zero-order valence-electron chi connectivity index (χ0n) is 3.60. The van der Waals surface area contributed by atoms with E-state index in [0.29, 0.717) is 0 Å². The monoisotopic (exact) mass is 96.0 g/mol. The molecule has 0 atom stereocenters. The lowest BCUT2D eigenvalue weighted by molar-refractivity contribution is -0.115. The first-order valence-electron chi connectivity index (χ1n) is 1.55. The number of hydrogen-bond donors (Lipinski definition) is 1. The minimum atomic E-state index is -0.579. The quantitative estimate of drug-likeness (QED) is 0.450. The topological polar surface area (TPSA) is 43.1 Å². The van der Waals surface area contributed by atoms with Gasteiger partial charge in [-0.2, -0.15) is 0 Å². The predicted molar refractivity (Wildman–Crippen MR) is 22.1 cm³/mol. The van der Waals surface area contributed by atoms with E-state index < -0.39 is 5.91 Å². The average Bonchev–Trinajstić information content (AvgIpc) is 1.38. The molecule has 0 heterocycles. The summed E-state index contributed by atoms with van der Waals surface area (Å²) in [6.45, 7) is -0.306. The van der Waals surface area contributed by atoms with Crippen LogP contribution in [0.1, 0.15) is 8.27 Å². The SMILES string of the molecule is Cl.[2H]CC(N)=O. The molecule has 32 valence electrons. The van der Waals surface area contributed by atoms with Crippen molar-refractivity contribution in [3.8, 4) is 0 Å². The van der Waals surface area contributed by atoms with E-state index in [1.54, 1.807) is 0 Å². The minimum absolute atomic E-state index is 0. The number of halogens is 1. The van der Waals surface area contributed by atoms with Gasteiger partial charge in [0.1, 0.15) is 0 Å². The molecule has 0 aromatic carbocycles. The van der Waals surface area contributed by atoms with Gasteiger partial charge in [-0.15, -0.1) is 12.4 Å². The normalized spacial score (nSPS) is 7.60. The highest BCUT2D eigenvalue weighted by Crippen LogP contribution is 1.33. The van der Waals surface area contributed by atoms with E-state index in [1.165, 1.54) is 0 Å². The number of amides is 1. The van der Waals surface area contributed by atoms with E-state index in [4.69, 9.17) is 1.37 Å². The van der Waals surface area contributed by atoms with E-state index in [0.717, 1.165) is 0 Å². The van der Waals surface area contributed by atoms with E-state index in [1.807, 2.05) is 0 Å². The Hall–Kier alpha value is -0.240. The van der Waals surface area contributed by atoms with E-state index in [-0.39, 0.29) is 19.3 Å². The van der Waals surface area contributed by atoms with E-state index >= 15 is 0 Å². The molecule has 0 bridgehead atoms. The van der Waals surface area contributed by atoms with Crippen LogP contribution in [0.3, 0.4) is 0 Å². The molecule has 5 heavy (non-hydrogen) atoms. The summed E-state index contributed by atoms with van der Waals surface area (Å²) in [4.78, 5) is 9.40. The van der Waals surface area contributed by atoms with Crippen molar-refractivity contribution in [3.63, 3.8) is 0 Å². The second-order valence-electron chi connectivity index (χ2n) is 0.466. The molecule has 0 aliphatic heterocycles. The second kappa shape index (κ2) is 3.76. The van der Waals surface area contributed by atoms with Crippen molar-refractivity contribution in [1.29, 1.82) is 0 Å². The standard InChI is InChI=1S/C2H5NO.ClH/c1-2(3)4;/h1H3,(H2,3,4);1H/i1D;. The van der Waals surface area contributed by atoms with Gasteiger partial charge in [0, 0.05) is 8.27 Å². The van der Waals surface area contributed by atoms with Gasteiger partial charge in [0.05, 0.1) is 0 Å². The molecule has 0 aromatic rings. The first-order chi connectivity index (χ1) is 2.27. The lowest BCUT2D eigenvalue weighted by Gasteiger charge is -1.60. The van der Waals surface area contributed by atoms with Crippen LogP contribution in [0.2, 0.25) is 0 Å². The molecule has 0 aliphatic rings. The summed E-state index contributed by atoms with van der Waals surface area (Å²) in [7, 11) is 0. The molecule has 0 unspecified atom stereocenters. The van der Waals surface area contributed by atoms with Gasteiger partial charge in [0.15, 0.2) is 0 Å². The van der Waals surface area contributed by atoms with Crippen LogP contribution in [0.5, 0.6) is 0 Å². The van der Waals surface area contributed by atoms with Crippen molar-refractivity contribution >= 4 is 18.3 Å². The van der Waals surface area contributed by atoms with Crippen LogP contribution in [-0.4, -0.2) is 5.91 Å². The van der Waals surface area contributed by atoms with Gasteiger partial charge in [-0.25, -0.2) is 0 Å². The smallest absolute Gasteiger partial charge is 0.214 e. The lowest BCUT2D eigenvalue weighted by Crippen LogP contribution is -2.01. The van der Waals surface area contributed by atoms with Gasteiger partial charge >= 0.3 is 0 Å².